The van der Waals surface area contributed by atoms with Gasteiger partial charge in [0.25, 0.3) is 0 Å². The maximum absolute atomic E-state index is 12.7. The van der Waals surface area contributed by atoms with E-state index in [0.717, 1.165) is 0 Å². The lowest BCUT2D eigenvalue weighted by atomic mass is 9.83. The molecule has 4 rings (SSSR count). The Morgan fingerprint density at radius 2 is 1.56 bits per heavy atom. The van der Waals surface area contributed by atoms with Crippen molar-refractivity contribution < 1.29 is 69.0 Å². The molecule has 18 atom stereocenters. The van der Waals surface area contributed by atoms with Crippen LogP contribution < -0.4 is 33.6 Å². The van der Waals surface area contributed by atoms with Gasteiger partial charge in [-0.05, 0) is 26.4 Å². The van der Waals surface area contributed by atoms with Crippen molar-refractivity contribution in [2.24, 2.45) is 22.9 Å². The summed E-state index contributed by atoms with van der Waals surface area (Å²) in [5.74, 6) is -0.799. The minimum absolute atomic E-state index is 0.0296. The predicted molar refractivity (Wildman–Crippen MR) is 162 cm³/mol. The van der Waals surface area contributed by atoms with Gasteiger partial charge in [0.05, 0.1) is 37.0 Å². The van der Waals surface area contributed by atoms with Crippen LogP contribution in [0.5, 0.6) is 0 Å². The van der Waals surface area contributed by atoms with Gasteiger partial charge in [0, 0.05) is 32.0 Å². The summed E-state index contributed by atoms with van der Waals surface area (Å²) in [6.45, 7) is -0.351. The number of carbonyl (C=O) groups excluding carboxylic acids is 1. The molecular weight excluding hydrogens is 644 g/mol. The number of likely N-dealkylation sites (N-methyl/N-ethyl adjacent to an activating group) is 1. The van der Waals surface area contributed by atoms with E-state index >= 15 is 0 Å². The van der Waals surface area contributed by atoms with E-state index in [2.05, 4.69) is 10.6 Å². The number of nitrogens with two attached hydrogens (primary N) is 4. The Bertz CT molecular complexity index is 1010. The van der Waals surface area contributed by atoms with E-state index in [1.165, 1.54) is 0 Å². The van der Waals surface area contributed by atoms with Crippen molar-refractivity contribution in [3.8, 4) is 0 Å². The molecule has 3 heterocycles. The lowest BCUT2D eigenvalue weighted by Gasteiger charge is -2.47. The maximum atomic E-state index is 12.7. The fourth-order valence-electron chi connectivity index (χ4n) is 6.52. The van der Waals surface area contributed by atoms with Crippen molar-refractivity contribution in [3.63, 3.8) is 0 Å². The van der Waals surface area contributed by atoms with Crippen molar-refractivity contribution >= 4 is 5.91 Å². The molecule has 17 N–H and O–H groups in total. The van der Waals surface area contributed by atoms with Gasteiger partial charge in [-0.2, -0.15) is 0 Å². The third-order valence-electron chi connectivity index (χ3n) is 9.24. The summed E-state index contributed by atoms with van der Waals surface area (Å²) in [6, 6.07) is -3.02. The maximum Gasteiger partial charge on any atom is 0.249 e. The van der Waals surface area contributed by atoms with Crippen LogP contribution in [0.25, 0.3) is 0 Å². The smallest absolute Gasteiger partial charge is 0.249 e. The fraction of sp³-hybridized carbons (Fsp3) is 0.964. The van der Waals surface area contributed by atoms with Gasteiger partial charge in [-0.3, -0.25) is 4.79 Å². The summed E-state index contributed by atoms with van der Waals surface area (Å²) >= 11 is 0. The molecule has 4 fully saturated rings. The van der Waals surface area contributed by atoms with Crippen molar-refractivity contribution in [2.75, 3.05) is 33.3 Å². The zero-order chi connectivity index (χ0) is 35.3. The quantitative estimate of drug-likeness (QED) is 0.0801. The number of carbonyl (C=O) groups is 1. The van der Waals surface area contributed by atoms with E-state index < -0.39 is 123 Å². The molecule has 1 amide bonds. The van der Waals surface area contributed by atoms with Gasteiger partial charge >= 0.3 is 0 Å². The number of rotatable bonds is 14. The molecule has 0 radical (unpaired) electrons. The molecule has 20 nitrogen and oxygen atoms in total. The Kier molecular flexibility index (Phi) is 14.7. The number of hydrogen-bond acceptors (Lipinski definition) is 19. The standard InChI is InChI=1S/C28H54N6O14/c1-33-8-10-4-14(37)19(32)27(43-10)47-23-11(31)5-12(34-26(42)13(36)2-3-29)20(39)25(23)48-28-22(41)24(17(9-35)45-28)46-18-6-15(38)21(40)16(7-30)44-18/h10-25,27-28,33,35-41H,2-9,29-32H2,1H3,(H,34,42)/t10-,11-,12+,13-,14+,15+,16-,17+,18+,19+,20-,21-,22+,23+,24+,25+,27+,28-/m0/s1. The lowest BCUT2D eigenvalue weighted by molar-refractivity contribution is -0.295. The molecule has 3 saturated heterocycles. The first-order valence-corrected chi connectivity index (χ1v) is 16.3. The van der Waals surface area contributed by atoms with Gasteiger partial charge in [-0.25, -0.2) is 0 Å². The highest BCUT2D eigenvalue weighted by atomic mass is 16.8. The fourth-order valence-corrected chi connectivity index (χ4v) is 6.52. The van der Waals surface area contributed by atoms with Crippen LogP contribution in [0, 0.1) is 0 Å². The van der Waals surface area contributed by atoms with Crippen LogP contribution in [0.4, 0.5) is 0 Å². The number of aliphatic hydroxyl groups is 7. The molecule has 20 heteroatoms. The van der Waals surface area contributed by atoms with Crippen LogP contribution in [0.15, 0.2) is 0 Å². The number of hydrogen-bond donors (Lipinski definition) is 13. The largest absolute Gasteiger partial charge is 0.394 e. The molecular formula is C28H54N6O14. The Hall–Kier alpha value is -1.25. The summed E-state index contributed by atoms with van der Waals surface area (Å²) in [7, 11) is 1.71. The summed E-state index contributed by atoms with van der Waals surface area (Å²) < 4.78 is 35.6. The van der Waals surface area contributed by atoms with Gasteiger partial charge in [-0.15, -0.1) is 0 Å². The second kappa shape index (κ2) is 17.8. The Morgan fingerprint density at radius 3 is 2.21 bits per heavy atom. The molecule has 0 unspecified atom stereocenters. The molecule has 0 aromatic carbocycles. The minimum atomic E-state index is -1.61. The zero-order valence-corrected chi connectivity index (χ0v) is 26.8. The van der Waals surface area contributed by atoms with E-state index in [4.69, 9.17) is 51.4 Å². The van der Waals surface area contributed by atoms with Crippen LogP contribution in [0.2, 0.25) is 0 Å². The Morgan fingerprint density at radius 1 is 0.854 bits per heavy atom. The van der Waals surface area contributed by atoms with Crippen LogP contribution in [-0.4, -0.2) is 185 Å². The van der Waals surface area contributed by atoms with Crippen LogP contribution >= 0.6 is 0 Å². The van der Waals surface area contributed by atoms with E-state index in [1.54, 1.807) is 7.05 Å². The molecule has 4 aliphatic rings. The molecule has 3 aliphatic heterocycles. The van der Waals surface area contributed by atoms with E-state index in [-0.39, 0.29) is 38.8 Å². The third-order valence-corrected chi connectivity index (χ3v) is 9.24. The van der Waals surface area contributed by atoms with Gasteiger partial charge in [-0.1, -0.05) is 0 Å². The average molecular weight is 699 g/mol. The Labute approximate surface area is 277 Å². The van der Waals surface area contributed by atoms with E-state index in [1.807, 2.05) is 0 Å². The highest BCUT2D eigenvalue weighted by Crippen LogP contribution is 2.34. The number of aliphatic hydroxyl groups excluding tert-OH is 7. The van der Waals surface area contributed by atoms with Crippen molar-refractivity contribution in [1.82, 2.24) is 10.6 Å². The first kappa shape index (κ1) is 39.5. The normalized spacial score (nSPS) is 46.0. The van der Waals surface area contributed by atoms with Gasteiger partial charge in [0.15, 0.2) is 18.9 Å². The molecule has 48 heavy (non-hydrogen) atoms. The summed E-state index contributed by atoms with van der Waals surface area (Å²) in [4.78, 5) is 12.7. The topological polar surface area (TPSA) is 342 Å². The highest BCUT2D eigenvalue weighted by molar-refractivity contribution is 5.80. The average Bonchev–Trinajstić information content (AvgIpc) is 3.34. The minimum Gasteiger partial charge on any atom is -0.394 e. The third kappa shape index (κ3) is 9.15. The molecule has 0 bridgehead atoms. The van der Waals surface area contributed by atoms with Crippen LogP contribution in [0.1, 0.15) is 25.7 Å². The number of nitrogens with one attached hydrogen (secondary N) is 2. The predicted octanol–water partition coefficient (Wildman–Crippen LogP) is -7.68. The summed E-state index contributed by atoms with van der Waals surface area (Å²) in [5.41, 5.74) is 23.8. The zero-order valence-electron chi connectivity index (χ0n) is 26.8. The van der Waals surface area contributed by atoms with Crippen molar-refractivity contribution in [1.29, 1.82) is 0 Å². The van der Waals surface area contributed by atoms with E-state index in [9.17, 15) is 40.5 Å². The highest BCUT2D eigenvalue weighted by Gasteiger charge is 2.53. The van der Waals surface area contributed by atoms with Gasteiger partial charge in [0.2, 0.25) is 5.91 Å². The molecule has 0 spiro atoms. The van der Waals surface area contributed by atoms with Gasteiger partial charge in [0.1, 0.15) is 54.9 Å². The second-order valence-corrected chi connectivity index (χ2v) is 12.8. The molecule has 0 aromatic heterocycles. The second-order valence-electron chi connectivity index (χ2n) is 12.8. The Balaban J connectivity index is 1.55. The monoisotopic (exact) mass is 698 g/mol. The first-order chi connectivity index (χ1) is 22.8. The molecule has 0 aromatic rings. The number of amides is 1. The van der Waals surface area contributed by atoms with E-state index in [0.29, 0.717) is 6.54 Å². The summed E-state index contributed by atoms with van der Waals surface area (Å²) in [6.07, 6.45) is -18.5. The number of ether oxygens (including phenoxy) is 6. The molecule has 1 aliphatic carbocycles. The first-order valence-electron chi connectivity index (χ1n) is 16.3. The van der Waals surface area contributed by atoms with Crippen LogP contribution in [-0.2, 0) is 33.2 Å². The molecule has 280 valence electrons. The van der Waals surface area contributed by atoms with Crippen LogP contribution in [0.3, 0.4) is 0 Å². The molecule has 1 saturated carbocycles. The van der Waals surface area contributed by atoms with Crippen molar-refractivity contribution in [2.45, 2.75) is 136 Å². The van der Waals surface area contributed by atoms with Gasteiger partial charge < -0.3 is 97.7 Å². The SMILES string of the molecule is CNC[C@@H]1C[C@@H](O)[C@@H](N)[C@@H](O[C@H]2[C@H](O[C@@H]3O[C@H](CO)[C@@H](O[C@@H]4C[C@@H](O)[C@H](O)[C@H](CN)O4)[C@H]3O)[C@@H](O)[C@H](NC(=O)[C@@H](O)CCN)C[C@@H]2N)O1. The van der Waals surface area contributed by atoms with Crippen molar-refractivity contribution in [3.05, 3.63) is 0 Å². The summed E-state index contributed by atoms with van der Waals surface area (Å²) in [5, 5.41) is 79.6. The lowest BCUT2D eigenvalue weighted by Crippen LogP contribution is -2.67.